The first-order valence-corrected chi connectivity index (χ1v) is 22.6. The van der Waals surface area contributed by atoms with Gasteiger partial charge in [0.2, 0.25) is 17.6 Å². The van der Waals surface area contributed by atoms with Crippen molar-refractivity contribution in [2.75, 3.05) is 39.7 Å². The molecule has 63 heavy (non-hydrogen) atoms. The van der Waals surface area contributed by atoms with Gasteiger partial charge in [0.25, 0.3) is 0 Å². The monoisotopic (exact) mass is 892 g/mol. The van der Waals surface area contributed by atoms with Crippen LogP contribution >= 0.6 is 11.8 Å². The second kappa shape index (κ2) is 16.9. The number of aliphatic hydroxyl groups is 1. The summed E-state index contributed by atoms with van der Waals surface area (Å²) >= 11 is 0.940. The molecule has 1 unspecified atom stereocenters. The maximum Gasteiger partial charge on any atom is 0.242 e. The van der Waals surface area contributed by atoms with E-state index in [2.05, 4.69) is 4.90 Å². The van der Waals surface area contributed by atoms with Gasteiger partial charge < -0.3 is 43.7 Å². The topological polar surface area (TPSA) is 225 Å². The number of ketones is 4. The Morgan fingerprint density at radius 3 is 2.44 bits per heavy atom. The minimum absolute atomic E-state index is 0.00160. The molecule has 3 N–H and O–H groups in total. The minimum atomic E-state index is -2.27. The molecule has 2 amide bonds. The van der Waals surface area contributed by atoms with E-state index in [9.17, 15) is 44.1 Å². The number of ether oxygens (including phenoxy) is 6. The SMILES string of the molecule is COc1cccc2c1C(=O)c1c(O)c3c(c(O)c1C2=O)C[C@@](O)(C(=O)CSC1CC(=O)N(CC2CCC(C(C)=O)CC2)C1=O)C[C@@H]3O[C@H]1C[C@H]2[C@H](O[C@@H]3[C@@H](OC)OCCN32)[C@H](C)O1. The van der Waals surface area contributed by atoms with Crippen molar-refractivity contribution in [1.29, 1.82) is 0 Å². The molecule has 17 nitrogen and oxygen atoms in total. The van der Waals surface area contributed by atoms with E-state index in [0.717, 1.165) is 24.6 Å². The third-order valence-electron chi connectivity index (χ3n) is 14.2. The maximum atomic E-state index is 14.3. The quantitative estimate of drug-likeness (QED) is 0.186. The lowest BCUT2D eigenvalue weighted by Crippen LogP contribution is -2.55. The average molecular weight is 893 g/mol. The first-order valence-electron chi connectivity index (χ1n) is 21.6. The fourth-order valence-electron chi connectivity index (χ4n) is 10.8. The van der Waals surface area contributed by atoms with Gasteiger partial charge in [-0.15, -0.1) is 11.8 Å². The number of phenolic OH excluding ortho intramolecular Hbond substituents is 2. The predicted molar refractivity (Wildman–Crippen MR) is 220 cm³/mol. The van der Waals surface area contributed by atoms with Crippen LogP contribution in [0, 0.1) is 11.8 Å². The van der Waals surface area contributed by atoms with Crippen molar-refractivity contribution in [1.82, 2.24) is 9.80 Å². The van der Waals surface area contributed by atoms with Gasteiger partial charge in [0.05, 0.1) is 53.6 Å². The number of aromatic hydroxyl groups is 2. The van der Waals surface area contributed by atoms with Crippen LogP contribution in [-0.4, -0.2) is 148 Å². The van der Waals surface area contributed by atoms with Crippen LogP contribution in [0.25, 0.3) is 0 Å². The van der Waals surface area contributed by atoms with Gasteiger partial charge in [-0.3, -0.25) is 38.6 Å². The van der Waals surface area contributed by atoms with Gasteiger partial charge in [0, 0.05) is 74.5 Å². The number of likely N-dealkylation sites (tertiary alicyclic amines) is 1. The number of phenols is 2. The smallest absolute Gasteiger partial charge is 0.242 e. The van der Waals surface area contributed by atoms with E-state index in [1.54, 1.807) is 6.92 Å². The zero-order valence-electron chi connectivity index (χ0n) is 35.5. The summed E-state index contributed by atoms with van der Waals surface area (Å²) in [6.45, 7) is 4.59. The van der Waals surface area contributed by atoms with E-state index in [1.165, 1.54) is 37.3 Å². The molecule has 2 aromatic rings. The Bertz CT molecular complexity index is 2260. The highest BCUT2D eigenvalue weighted by Crippen LogP contribution is 2.53. The van der Waals surface area contributed by atoms with Gasteiger partial charge in [-0.05, 0) is 51.5 Å². The lowest BCUT2D eigenvalue weighted by atomic mass is 9.72. The molecule has 18 heteroatoms. The number of carbonyl (C=O) groups excluding carboxylic acids is 6. The van der Waals surface area contributed by atoms with Gasteiger partial charge >= 0.3 is 0 Å². The van der Waals surface area contributed by atoms with Crippen LogP contribution in [0.5, 0.6) is 17.2 Å². The number of fused-ring (bicyclic) bond motifs is 6. The molecule has 0 bridgehead atoms. The van der Waals surface area contributed by atoms with E-state index in [0.29, 0.717) is 26.0 Å². The van der Waals surface area contributed by atoms with Crippen LogP contribution < -0.4 is 4.74 Å². The third-order valence-corrected chi connectivity index (χ3v) is 15.4. The summed E-state index contributed by atoms with van der Waals surface area (Å²) in [7, 11) is 2.87. The third kappa shape index (κ3) is 7.49. The first kappa shape index (κ1) is 44.0. The van der Waals surface area contributed by atoms with Gasteiger partial charge in [0.15, 0.2) is 30.4 Å². The summed E-state index contributed by atoms with van der Waals surface area (Å²) in [5.41, 5.74) is -3.59. The fourth-order valence-corrected chi connectivity index (χ4v) is 12.0. The van der Waals surface area contributed by atoms with Crippen LogP contribution in [0.2, 0.25) is 0 Å². The number of thioether (sulfide) groups is 1. The molecule has 0 aromatic heterocycles. The molecule has 7 aliphatic rings. The van der Waals surface area contributed by atoms with Gasteiger partial charge in [0.1, 0.15) is 34.7 Å². The van der Waals surface area contributed by atoms with Crippen molar-refractivity contribution in [3.8, 4) is 17.2 Å². The van der Waals surface area contributed by atoms with E-state index in [1.807, 2.05) is 6.92 Å². The van der Waals surface area contributed by atoms with Crippen LogP contribution in [0.3, 0.4) is 0 Å². The Balaban J connectivity index is 0.997. The highest BCUT2D eigenvalue weighted by atomic mass is 32.2. The number of hydrogen-bond donors (Lipinski definition) is 3. The molecular formula is C45H52N2O15S. The molecule has 9 atom stereocenters. The van der Waals surface area contributed by atoms with Crippen molar-refractivity contribution in [3.05, 3.63) is 51.6 Å². The molecule has 2 aromatic carbocycles. The van der Waals surface area contributed by atoms with Crippen molar-refractivity contribution in [2.45, 2.75) is 119 Å². The molecule has 0 radical (unpaired) electrons. The molecule has 338 valence electrons. The maximum absolute atomic E-state index is 14.3. The van der Waals surface area contributed by atoms with Crippen molar-refractivity contribution >= 4 is 46.7 Å². The molecule has 4 saturated heterocycles. The molecule has 4 aliphatic heterocycles. The second-order valence-electron chi connectivity index (χ2n) is 17.8. The number of hydrogen-bond acceptors (Lipinski definition) is 17. The minimum Gasteiger partial charge on any atom is -0.507 e. The molecule has 5 fully saturated rings. The highest BCUT2D eigenvalue weighted by Gasteiger charge is 2.55. The molecule has 9 rings (SSSR count). The molecule has 4 heterocycles. The van der Waals surface area contributed by atoms with Crippen LogP contribution in [0.15, 0.2) is 18.2 Å². The summed E-state index contributed by atoms with van der Waals surface area (Å²) < 4.78 is 36.0. The fraction of sp³-hybridized carbons (Fsp3) is 0.600. The molecular weight excluding hydrogens is 841 g/mol. The van der Waals surface area contributed by atoms with Gasteiger partial charge in [-0.1, -0.05) is 12.1 Å². The molecule has 0 spiro atoms. The largest absolute Gasteiger partial charge is 0.507 e. The summed E-state index contributed by atoms with van der Waals surface area (Å²) in [5, 5.41) is 35.7. The number of Topliss-reactive ketones (excluding diaryl/α,β-unsaturated/α-hetero) is 2. The zero-order valence-corrected chi connectivity index (χ0v) is 36.4. The lowest BCUT2D eigenvalue weighted by molar-refractivity contribution is -0.256. The number of imide groups is 1. The number of methoxy groups -OCH3 is 2. The summed E-state index contributed by atoms with van der Waals surface area (Å²) in [6.07, 6.45) is -2.41. The van der Waals surface area contributed by atoms with Crippen molar-refractivity contribution in [2.24, 2.45) is 11.8 Å². The second-order valence-corrected chi connectivity index (χ2v) is 19.0. The highest BCUT2D eigenvalue weighted by molar-refractivity contribution is 8.01. The molecule has 1 saturated carbocycles. The number of carbonyl (C=O) groups is 6. The number of rotatable bonds is 11. The Morgan fingerprint density at radius 2 is 1.73 bits per heavy atom. The average Bonchev–Trinajstić information content (AvgIpc) is 3.78. The summed E-state index contributed by atoms with van der Waals surface area (Å²) in [4.78, 5) is 84.6. The van der Waals surface area contributed by atoms with E-state index in [4.69, 9.17) is 28.4 Å². The van der Waals surface area contributed by atoms with Crippen molar-refractivity contribution in [3.63, 3.8) is 0 Å². The Hall–Kier alpha value is -4.27. The number of nitrogens with zero attached hydrogens (tertiary/aromatic N) is 2. The zero-order chi connectivity index (χ0) is 44.6. The van der Waals surface area contributed by atoms with Gasteiger partial charge in [-0.2, -0.15) is 0 Å². The Labute approximate surface area is 367 Å². The van der Waals surface area contributed by atoms with Gasteiger partial charge in [-0.25, -0.2) is 0 Å². The summed E-state index contributed by atoms with van der Waals surface area (Å²) in [6, 6.07) is 4.21. The number of morpholine rings is 1. The molecule has 3 aliphatic carbocycles. The first-order chi connectivity index (χ1) is 30.1. The Morgan fingerprint density at radius 1 is 0.984 bits per heavy atom. The van der Waals surface area contributed by atoms with Crippen LogP contribution in [-0.2, 0) is 49.3 Å². The van der Waals surface area contributed by atoms with E-state index >= 15 is 0 Å². The predicted octanol–water partition coefficient (Wildman–Crippen LogP) is 2.98. The number of benzene rings is 2. The number of amides is 2. The Kier molecular flexibility index (Phi) is 11.8. The standard InChI is InChI=1S/C45H52N2O15S/c1-20(48)23-10-8-22(9-11-23)18-47-31(50)15-29(42(47)55)63-19-30(49)45(56)16-25-34(40(54)36-35(38(25)52)37(51)24-6-5-7-27(57-3)33(24)39(36)53)28(17-45)61-32-14-26-41(21(2)60-32)62-43-44(58-4)59-13-12-46(26)43/h5-7,21-23,26,28-29,32,41,43-44,52,54,56H,8-19H2,1-4H3/t21-,22?,23?,26-,28-,29?,32-,41+,43+,44-,45-/m0/s1. The summed E-state index contributed by atoms with van der Waals surface area (Å²) in [5.74, 6) is -4.45. The van der Waals surface area contributed by atoms with E-state index in [-0.39, 0.29) is 88.8 Å². The van der Waals surface area contributed by atoms with E-state index < -0.39 is 101 Å². The lowest BCUT2D eigenvalue weighted by Gasteiger charge is -2.43. The van der Waals surface area contributed by atoms with Crippen LogP contribution in [0.4, 0.5) is 0 Å². The van der Waals surface area contributed by atoms with Crippen LogP contribution in [0.1, 0.15) is 108 Å². The van der Waals surface area contributed by atoms with Crippen molar-refractivity contribution < 1.29 is 72.5 Å². The normalized spacial score (nSPS) is 34.0.